The standard InChI is InChI=1S/C15H10BrCl3N2/c16-11-7-9(18)1-3-13(11)21-14-4-2-10(19)8-12(14)20-15(21)5-6-17/h1-4,7-8H,5-6H2. The number of hydrogen-bond donors (Lipinski definition) is 0. The van der Waals surface area contributed by atoms with Crippen LogP contribution in [0.25, 0.3) is 16.7 Å². The van der Waals surface area contributed by atoms with Gasteiger partial charge in [0.25, 0.3) is 0 Å². The van der Waals surface area contributed by atoms with Crippen LogP contribution in [0.4, 0.5) is 0 Å². The van der Waals surface area contributed by atoms with Crippen LogP contribution in [-0.4, -0.2) is 15.4 Å². The molecule has 0 aliphatic heterocycles. The highest BCUT2D eigenvalue weighted by Gasteiger charge is 2.14. The van der Waals surface area contributed by atoms with Crippen LogP contribution < -0.4 is 0 Å². The van der Waals surface area contributed by atoms with Crippen LogP contribution >= 0.6 is 50.7 Å². The molecule has 6 heteroatoms. The highest BCUT2D eigenvalue weighted by atomic mass is 79.9. The first-order valence-electron chi connectivity index (χ1n) is 6.28. The Labute approximate surface area is 145 Å². The van der Waals surface area contributed by atoms with Crippen molar-refractivity contribution < 1.29 is 0 Å². The topological polar surface area (TPSA) is 17.8 Å². The first-order valence-corrected chi connectivity index (χ1v) is 8.37. The molecule has 3 rings (SSSR count). The summed E-state index contributed by atoms with van der Waals surface area (Å²) < 4.78 is 2.98. The molecule has 0 fully saturated rings. The zero-order valence-electron chi connectivity index (χ0n) is 10.8. The number of halogens is 4. The summed E-state index contributed by atoms with van der Waals surface area (Å²) >= 11 is 21.5. The maximum absolute atomic E-state index is 6.05. The Morgan fingerprint density at radius 3 is 2.48 bits per heavy atom. The number of hydrogen-bond acceptors (Lipinski definition) is 1. The van der Waals surface area contributed by atoms with Gasteiger partial charge in [0.15, 0.2) is 0 Å². The lowest BCUT2D eigenvalue weighted by molar-refractivity contribution is 0.909. The maximum Gasteiger partial charge on any atom is 0.115 e. The molecule has 0 unspecified atom stereocenters. The molecule has 0 aliphatic carbocycles. The van der Waals surface area contributed by atoms with E-state index < -0.39 is 0 Å². The molecule has 108 valence electrons. The van der Waals surface area contributed by atoms with Crippen LogP contribution in [0.3, 0.4) is 0 Å². The van der Waals surface area contributed by atoms with Gasteiger partial charge in [0.2, 0.25) is 0 Å². The van der Waals surface area contributed by atoms with Crippen LogP contribution in [0.2, 0.25) is 10.0 Å². The summed E-state index contributed by atoms with van der Waals surface area (Å²) in [6.45, 7) is 0. The highest BCUT2D eigenvalue weighted by molar-refractivity contribution is 9.10. The Morgan fingerprint density at radius 1 is 1.05 bits per heavy atom. The quantitative estimate of drug-likeness (QED) is 0.499. The summed E-state index contributed by atoms with van der Waals surface area (Å²) in [7, 11) is 0. The second-order valence-electron chi connectivity index (χ2n) is 4.53. The van der Waals surface area contributed by atoms with E-state index in [1.54, 1.807) is 0 Å². The van der Waals surface area contributed by atoms with Crippen LogP contribution in [0, 0.1) is 0 Å². The van der Waals surface area contributed by atoms with Gasteiger partial charge in [-0.15, -0.1) is 11.6 Å². The Balaban J connectivity index is 2.30. The predicted octanol–water partition coefficient (Wildman–Crippen LogP) is 5.88. The minimum Gasteiger partial charge on any atom is -0.295 e. The van der Waals surface area contributed by atoms with Gasteiger partial charge in [-0.2, -0.15) is 0 Å². The first-order chi connectivity index (χ1) is 10.1. The predicted molar refractivity (Wildman–Crippen MR) is 93.2 cm³/mol. The van der Waals surface area contributed by atoms with Crippen molar-refractivity contribution in [3.63, 3.8) is 0 Å². The van der Waals surface area contributed by atoms with Gasteiger partial charge in [-0.05, 0) is 52.3 Å². The molecular formula is C15H10BrCl3N2. The van der Waals surface area contributed by atoms with E-state index in [9.17, 15) is 0 Å². The van der Waals surface area contributed by atoms with Crippen molar-refractivity contribution in [2.75, 3.05) is 5.88 Å². The van der Waals surface area contributed by atoms with Crippen molar-refractivity contribution in [1.82, 2.24) is 9.55 Å². The zero-order chi connectivity index (χ0) is 15.0. The molecule has 1 aromatic heterocycles. The van der Waals surface area contributed by atoms with Crippen molar-refractivity contribution >= 4 is 61.8 Å². The minimum atomic E-state index is 0.502. The van der Waals surface area contributed by atoms with Crippen LogP contribution in [-0.2, 0) is 6.42 Å². The van der Waals surface area contributed by atoms with Gasteiger partial charge in [-0.25, -0.2) is 4.98 Å². The lowest BCUT2D eigenvalue weighted by atomic mass is 10.2. The molecule has 0 saturated carbocycles. The van der Waals surface area contributed by atoms with Crippen LogP contribution in [0.15, 0.2) is 40.9 Å². The molecule has 0 N–H and O–H groups in total. The lowest BCUT2D eigenvalue weighted by Crippen LogP contribution is -2.03. The third-order valence-electron chi connectivity index (χ3n) is 3.15. The Kier molecular flexibility index (Phi) is 4.46. The molecule has 1 heterocycles. The summed E-state index contributed by atoms with van der Waals surface area (Å²) in [5.74, 6) is 1.40. The number of aromatic nitrogens is 2. The fourth-order valence-electron chi connectivity index (χ4n) is 2.29. The molecule has 0 saturated heterocycles. The van der Waals surface area contributed by atoms with E-state index in [1.165, 1.54) is 0 Å². The zero-order valence-corrected chi connectivity index (χ0v) is 14.6. The summed E-state index contributed by atoms with van der Waals surface area (Å²) in [5.41, 5.74) is 2.82. The summed E-state index contributed by atoms with van der Waals surface area (Å²) in [6.07, 6.45) is 0.670. The van der Waals surface area contributed by atoms with Gasteiger partial charge in [0.05, 0.1) is 16.7 Å². The Hall–Kier alpha value is -0.740. The molecule has 21 heavy (non-hydrogen) atoms. The smallest absolute Gasteiger partial charge is 0.115 e. The number of benzene rings is 2. The van der Waals surface area contributed by atoms with E-state index in [0.717, 1.165) is 27.0 Å². The van der Waals surface area contributed by atoms with E-state index >= 15 is 0 Å². The number of nitrogens with zero attached hydrogens (tertiary/aromatic N) is 2. The van der Waals surface area contributed by atoms with E-state index in [2.05, 4.69) is 25.5 Å². The Bertz CT molecular complexity index is 814. The van der Waals surface area contributed by atoms with Crippen molar-refractivity contribution in [2.45, 2.75) is 6.42 Å². The average Bonchev–Trinajstić information content (AvgIpc) is 2.76. The van der Waals surface area contributed by atoms with Crippen molar-refractivity contribution in [2.24, 2.45) is 0 Å². The molecule has 0 bridgehead atoms. The summed E-state index contributed by atoms with van der Waals surface area (Å²) in [4.78, 5) is 4.64. The Morgan fingerprint density at radius 2 is 1.76 bits per heavy atom. The number of imidazole rings is 1. The number of aryl methyl sites for hydroxylation is 1. The molecule has 2 nitrogen and oxygen atoms in total. The largest absolute Gasteiger partial charge is 0.295 e. The summed E-state index contributed by atoms with van der Waals surface area (Å²) in [6, 6.07) is 11.4. The van der Waals surface area contributed by atoms with Gasteiger partial charge in [-0.1, -0.05) is 23.2 Å². The third-order valence-corrected chi connectivity index (χ3v) is 4.45. The van der Waals surface area contributed by atoms with Gasteiger partial charge in [0.1, 0.15) is 5.82 Å². The molecule has 0 radical (unpaired) electrons. The van der Waals surface area contributed by atoms with Crippen LogP contribution in [0.1, 0.15) is 5.82 Å². The average molecular weight is 405 g/mol. The molecule has 3 aromatic rings. The molecule has 2 aromatic carbocycles. The molecule has 0 amide bonds. The van der Waals surface area contributed by atoms with Crippen molar-refractivity contribution in [3.8, 4) is 5.69 Å². The first kappa shape index (κ1) is 15.2. The van der Waals surface area contributed by atoms with Gasteiger partial charge in [-0.3, -0.25) is 4.57 Å². The number of rotatable bonds is 3. The summed E-state index contributed by atoms with van der Waals surface area (Å²) in [5, 5.41) is 1.34. The highest BCUT2D eigenvalue weighted by Crippen LogP contribution is 2.30. The van der Waals surface area contributed by atoms with E-state index in [4.69, 9.17) is 34.8 Å². The second kappa shape index (κ2) is 6.17. The fraction of sp³-hybridized carbons (Fsp3) is 0.133. The van der Waals surface area contributed by atoms with Crippen molar-refractivity contribution in [3.05, 3.63) is 56.7 Å². The van der Waals surface area contributed by atoms with Gasteiger partial charge < -0.3 is 0 Å². The second-order valence-corrected chi connectivity index (χ2v) is 6.64. The van der Waals surface area contributed by atoms with E-state index in [-0.39, 0.29) is 0 Å². The third kappa shape index (κ3) is 2.93. The number of alkyl halides is 1. The lowest BCUT2D eigenvalue weighted by Gasteiger charge is -2.11. The van der Waals surface area contributed by atoms with E-state index in [1.807, 2.05) is 36.4 Å². The van der Waals surface area contributed by atoms with E-state index in [0.29, 0.717) is 22.3 Å². The normalized spacial score (nSPS) is 11.2. The number of fused-ring (bicyclic) bond motifs is 1. The minimum absolute atomic E-state index is 0.502. The SMILES string of the molecule is ClCCc1nc2cc(Cl)ccc2n1-c1ccc(Cl)cc1Br. The van der Waals surface area contributed by atoms with Crippen LogP contribution in [0.5, 0.6) is 0 Å². The van der Waals surface area contributed by atoms with Gasteiger partial charge >= 0.3 is 0 Å². The maximum atomic E-state index is 6.05. The van der Waals surface area contributed by atoms with Crippen molar-refractivity contribution in [1.29, 1.82) is 0 Å². The molecule has 0 atom stereocenters. The molecular weight excluding hydrogens is 394 g/mol. The van der Waals surface area contributed by atoms with Gasteiger partial charge in [0, 0.05) is 26.8 Å². The fourth-order valence-corrected chi connectivity index (χ4v) is 3.48. The molecule has 0 spiro atoms. The molecule has 0 aliphatic rings. The monoisotopic (exact) mass is 402 g/mol.